The van der Waals surface area contributed by atoms with E-state index in [1.54, 1.807) is 0 Å². The lowest BCUT2D eigenvalue weighted by Crippen LogP contribution is -2.01. The molecule has 0 aliphatic carbocycles. The summed E-state index contributed by atoms with van der Waals surface area (Å²) in [5.74, 6) is 1.74. The second-order valence-corrected chi connectivity index (χ2v) is 14.8. The molecule has 0 amide bonds. The summed E-state index contributed by atoms with van der Waals surface area (Å²) in [4.78, 5) is 15.8. The predicted molar refractivity (Wildman–Crippen MR) is 237 cm³/mol. The van der Waals surface area contributed by atoms with E-state index in [9.17, 15) is 0 Å². The number of benzene rings is 9. The van der Waals surface area contributed by atoms with E-state index >= 15 is 0 Å². The van der Waals surface area contributed by atoms with Gasteiger partial charge in [0.05, 0.1) is 0 Å². The first kappa shape index (κ1) is 32.4. The first-order valence-electron chi connectivity index (χ1n) is 19.4. The van der Waals surface area contributed by atoms with Gasteiger partial charge in [-0.3, -0.25) is 0 Å². The van der Waals surface area contributed by atoms with Gasteiger partial charge in [-0.1, -0.05) is 152 Å². The number of hydrogen-bond donors (Lipinski definition) is 0. The molecule has 0 saturated heterocycles. The Morgan fingerprint density at radius 2 is 0.862 bits per heavy atom. The van der Waals surface area contributed by atoms with Crippen molar-refractivity contribution in [3.63, 3.8) is 0 Å². The van der Waals surface area contributed by atoms with Crippen LogP contribution in [0.1, 0.15) is 0 Å². The highest BCUT2D eigenvalue weighted by Gasteiger charge is 2.22. The molecular weight excluding hydrogens is 711 g/mol. The van der Waals surface area contributed by atoms with Crippen molar-refractivity contribution in [1.82, 2.24) is 15.0 Å². The second-order valence-electron chi connectivity index (χ2n) is 14.8. The van der Waals surface area contributed by atoms with E-state index < -0.39 is 0 Å². The third-order valence-corrected chi connectivity index (χ3v) is 11.3. The molecule has 12 aromatic rings. The van der Waals surface area contributed by atoms with Gasteiger partial charge in [0, 0.05) is 43.8 Å². The molecule has 0 fully saturated rings. The van der Waals surface area contributed by atoms with Crippen molar-refractivity contribution in [2.75, 3.05) is 0 Å². The van der Waals surface area contributed by atoms with Crippen molar-refractivity contribution in [2.45, 2.75) is 0 Å². The van der Waals surface area contributed by atoms with E-state index in [4.69, 9.17) is 23.8 Å². The lowest BCUT2D eigenvalue weighted by molar-refractivity contribution is 0.668. The van der Waals surface area contributed by atoms with Crippen LogP contribution in [0, 0.1) is 0 Å². The van der Waals surface area contributed by atoms with Gasteiger partial charge in [0.1, 0.15) is 22.3 Å². The van der Waals surface area contributed by atoms with Gasteiger partial charge < -0.3 is 8.83 Å². The minimum absolute atomic E-state index is 0.556. The normalized spacial score (nSPS) is 11.8. The molecule has 0 aliphatic rings. The number of furan rings is 2. The lowest BCUT2D eigenvalue weighted by atomic mass is 9.94. The summed E-state index contributed by atoms with van der Waals surface area (Å²) < 4.78 is 13.4. The van der Waals surface area contributed by atoms with Crippen LogP contribution in [0.15, 0.2) is 197 Å². The molecule has 5 nitrogen and oxygen atoms in total. The molecule has 0 spiro atoms. The average Bonchev–Trinajstić information content (AvgIpc) is 3.88. The van der Waals surface area contributed by atoms with Crippen LogP contribution in [0.5, 0.6) is 0 Å². The second kappa shape index (κ2) is 12.8. The van der Waals surface area contributed by atoms with E-state index in [1.807, 2.05) is 36.4 Å². The molecule has 0 aliphatic heterocycles. The molecule has 9 aromatic carbocycles. The monoisotopic (exact) mass is 741 g/mol. The molecule has 270 valence electrons. The fourth-order valence-electron chi connectivity index (χ4n) is 8.50. The fourth-order valence-corrected chi connectivity index (χ4v) is 8.50. The maximum atomic E-state index is 6.72. The van der Waals surface area contributed by atoms with E-state index in [1.165, 1.54) is 0 Å². The zero-order valence-corrected chi connectivity index (χ0v) is 31.1. The predicted octanol–water partition coefficient (Wildman–Crippen LogP) is 14.3. The Kier molecular flexibility index (Phi) is 7.16. The largest absolute Gasteiger partial charge is 0.456 e. The molecule has 3 heterocycles. The molecule has 0 radical (unpaired) electrons. The van der Waals surface area contributed by atoms with Gasteiger partial charge in [-0.2, -0.15) is 0 Å². The quantitative estimate of drug-likeness (QED) is 0.176. The van der Waals surface area contributed by atoms with Crippen molar-refractivity contribution in [1.29, 1.82) is 0 Å². The summed E-state index contributed by atoms with van der Waals surface area (Å²) in [6.45, 7) is 0. The Balaban J connectivity index is 1.14. The topological polar surface area (TPSA) is 65.0 Å². The summed E-state index contributed by atoms with van der Waals surface area (Å²) >= 11 is 0. The zero-order chi connectivity index (χ0) is 38.2. The van der Waals surface area contributed by atoms with Crippen molar-refractivity contribution in [3.05, 3.63) is 188 Å². The number of rotatable bonds is 5. The minimum atomic E-state index is 0.556. The van der Waals surface area contributed by atoms with Crippen LogP contribution in [0.25, 0.3) is 122 Å². The Hall–Kier alpha value is -7.89. The van der Waals surface area contributed by atoms with E-state index in [0.29, 0.717) is 17.5 Å². The molecule has 58 heavy (non-hydrogen) atoms. The van der Waals surface area contributed by atoms with E-state index in [0.717, 1.165) is 104 Å². The molecule has 0 unspecified atom stereocenters. The Morgan fingerprint density at radius 1 is 0.293 bits per heavy atom. The first-order valence-corrected chi connectivity index (χ1v) is 19.4. The molecular formula is C53H31N3O2. The van der Waals surface area contributed by atoms with Gasteiger partial charge in [0.25, 0.3) is 0 Å². The summed E-state index contributed by atoms with van der Waals surface area (Å²) in [7, 11) is 0. The van der Waals surface area contributed by atoms with Crippen molar-refractivity contribution < 1.29 is 8.83 Å². The molecule has 0 saturated carbocycles. The highest BCUT2D eigenvalue weighted by molar-refractivity contribution is 6.23. The van der Waals surface area contributed by atoms with Crippen molar-refractivity contribution in [3.8, 4) is 56.4 Å². The number of para-hydroxylation sites is 2. The number of aromatic nitrogens is 3. The van der Waals surface area contributed by atoms with Crippen molar-refractivity contribution >= 4 is 65.4 Å². The third-order valence-electron chi connectivity index (χ3n) is 11.3. The molecule has 5 heteroatoms. The molecule has 3 aromatic heterocycles. The average molecular weight is 742 g/mol. The van der Waals surface area contributed by atoms with Crippen LogP contribution in [-0.2, 0) is 0 Å². The van der Waals surface area contributed by atoms with Gasteiger partial charge in [-0.05, 0) is 74.6 Å². The summed E-state index contributed by atoms with van der Waals surface area (Å²) in [6, 6.07) is 65.1. The van der Waals surface area contributed by atoms with Crippen LogP contribution >= 0.6 is 0 Å². The lowest BCUT2D eigenvalue weighted by Gasteiger charge is -2.12. The van der Waals surface area contributed by atoms with Gasteiger partial charge in [-0.25, -0.2) is 15.0 Å². The Bertz CT molecular complexity index is 3570. The highest BCUT2D eigenvalue weighted by Crippen LogP contribution is 2.45. The number of hydrogen-bond acceptors (Lipinski definition) is 5. The highest BCUT2D eigenvalue weighted by atomic mass is 16.3. The molecule has 0 N–H and O–H groups in total. The van der Waals surface area contributed by atoms with Gasteiger partial charge in [0.2, 0.25) is 0 Å². The SMILES string of the molecule is c1ccc(-c2ccc(-c3nc(-c4ccc5ccccc5c4)nc(-c4cc(-c5cc6ccccc6c6c5oc5ccccc56)cc5oc6ccccc6c45)n3)cc2)cc1. The van der Waals surface area contributed by atoms with E-state index in [2.05, 4.69) is 152 Å². The summed E-state index contributed by atoms with van der Waals surface area (Å²) in [5, 5.41) is 8.67. The smallest absolute Gasteiger partial charge is 0.164 e. The number of fused-ring (bicyclic) bond motifs is 9. The fraction of sp³-hybridized carbons (Fsp3) is 0. The molecule has 0 atom stereocenters. The number of nitrogens with zero attached hydrogens (tertiary/aromatic N) is 3. The van der Waals surface area contributed by atoms with Gasteiger partial charge >= 0.3 is 0 Å². The third kappa shape index (κ3) is 5.21. The van der Waals surface area contributed by atoms with Crippen LogP contribution < -0.4 is 0 Å². The molecule has 0 bridgehead atoms. The Morgan fingerprint density at radius 3 is 1.66 bits per heavy atom. The maximum Gasteiger partial charge on any atom is 0.164 e. The van der Waals surface area contributed by atoms with Gasteiger partial charge in [-0.15, -0.1) is 0 Å². The van der Waals surface area contributed by atoms with Gasteiger partial charge in [0.15, 0.2) is 17.5 Å². The van der Waals surface area contributed by atoms with Crippen molar-refractivity contribution in [2.24, 2.45) is 0 Å². The summed E-state index contributed by atoms with van der Waals surface area (Å²) in [6.07, 6.45) is 0. The van der Waals surface area contributed by atoms with Crippen LogP contribution in [0.3, 0.4) is 0 Å². The standard InChI is InChI=1S/C53H31N3O2/c1-2-12-32(13-3-1)34-22-25-35(26-23-34)51-54-52(38-27-24-33-14-4-5-15-36(33)28-38)56-53(55-51)44-30-39(31-47-48(44)41-18-8-10-20-45(41)57-47)43-29-37-16-6-7-17-40(37)49-42-19-9-11-21-46(42)58-50(43)49/h1-31H. The Labute approximate surface area is 332 Å². The van der Waals surface area contributed by atoms with Crippen LogP contribution in [-0.4, -0.2) is 15.0 Å². The molecule has 12 rings (SSSR count). The minimum Gasteiger partial charge on any atom is -0.456 e. The van der Waals surface area contributed by atoms with Crippen LogP contribution in [0.2, 0.25) is 0 Å². The summed E-state index contributed by atoms with van der Waals surface area (Å²) in [5.41, 5.74) is 10.1. The van der Waals surface area contributed by atoms with E-state index in [-0.39, 0.29) is 0 Å². The van der Waals surface area contributed by atoms with Crippen LogP contribution in [0.4, 0.5) is 0 Å². The zero-order valence-electron chi connectivity index (χ0n) is 31.1. The first-order chi connectivity index (χ1) is 28.7. The maximum absolute atomic E-state index is 6.72.